The van der Waals surface area contributed by atoms with Crippen LogP contribution in [0.1, 0.15) is 29.5 Å². The van der Waals surface area contributed by atoms with Crippen molar-refractivity contribution in [2.75, 3.05) is 0 Å². The van der Waals surface area contributed by atoms with Gasteiger partial charge in [0.05, 0.1) is 6.26 Å². The van der Waals surface area contributed by atoms with Gasteiger partial charge in [0.25, 0.3) is 0 Å². The largest absolute Gasteiger partial charge is 0.469 e. The molecule has 18 heavy (non-hydrogen) atoms. The van der Waals surface area contributed by atoms with Gasteiger partial charge in [-0.2, -0.15) is 0 Å². The summed E-state index contributed by atoms with van der Waals surface area (Å²) in [6, 6.07) is 9.36. The Labute approximate surface area is 105 Å². The Kier molecular flexibility index (Phi) is 3.92. The first-order chi connectivity index (χ1) is 8.70. The molecule has 0 aliphatic carbocycles. The number of rotatable bonds is 5. The SMILES string of the molecule is CCC(Cc1ccco1)C(=O)c1ccc(F)cc1. The fourth-order valence-corrected chi connectivity index (χ4v) is 1.94. The average Bonchev–Trinajstić information content (AvgIpc) is 2.89. The van der Waals surface area contributed by atoms with Gasteiger partial charge in [0.2, 0.25) is 0 Å². The fourth-order valence-electron chi connectivity index (χ4n) is 1.94. The van der Waals surface area contributed by atoms with Gasteiger partial charge in [0.15, 0.2) is 5.78 Å². The maximum Gasteiger partial charge on any atom is 0.166 e. The number of hydrogen-bond donors (Lipinski definition) is 0. The van der Waals surface area contributed by atoms with E-state index in [4.69, 9.17) is 4.42 Å². The highest BCUT2D eigenvalue weighted by atomic mass is 19.1. The molecule has 1 aromatic heterocycles. The lowest BCUT2D eigenvalue weighted by atomic mass is 9.91. The van der Waals surface area contributed by atoms with Gasteiger partial charge in [-0.15, -0.1) is 0 Å². The lowest BCUT2D eigenvalue weighted by Crippen LogP contribution is -2.16. The minimum Gasteiger partial charge on any atom is -0.469 e. The molecule has 2 aromatic rings. The highest BCUT2D eigenvalue weighted by Crippen LogP contribution is 2.18. The van der Waals surface area contributed by atoms with Gasteiger partial charge in [-0.05, 0) is 42.8 Å². The van der Waals surface area contributed by atoms with E-state index in [1.54, 1.807) is 6.26 Å². The quantitative estimate of drug-likeness (QED) is 0.750. The molecule has 0 saturated heterocycles. The summed E-state index contributed by atoms with van der Waals surface area (Å²) >= 11 is 0. The maximum absolute atomic E-state index is 12.8. The van der Waals surface area contributed by atoms with Crippen molar-refractivity contribution in [3.8, 4) is 0 Å². The van der Waals surface area contributed by atoms with Crippen LogP contribution >= 0.6 is 0 Å². The molecule has 2 nitrogen and oxygen atoms in total. The Morgan fingerprint density at radius 2 is 2.00 bits per heavy atom. The number of benzene rings is 1. The molecule has 0 fully saturated rings. The first kappa shape index (κ1) is 12.6. The van der Waals surface area contributed by atoms with Gasteiger partial charge < -0.3 is 4.42 Å². The monoisotopic (exact) mass is 246 g/mol. The average molecular weight is 246 g/mol. The van der Waals surface area contributed by atoms with Gasteiger partial charge in [0, 0.05) is 17.9 Å². The van der Waals surface area contributed by atoms with Crippen LogP contribution in [0.5, 0.6) is 0 Å². The van der Waals surface area contributed by atoms with Gasteiger partial charge in [-0.3, -0.25) is 4.79 Å². The molecule has 0 N–H and O–H groups in total. The van der Waals surface area contributed by atoms with Gasteiger partial charge in [-0.1, -0.05) is 6.92 Å². The highest BCUT2D eigenvalue weighted by molar-refractivity contribution is 5.97. The summed E-state index contributed by atoms with van der Waals surface area (Å²) in [7, 11) is 0. The standard InChI is InChI=1S/C15H15FO2/c1-2-11(10-14-4-3-9-18-14)15(17)12-5-7-13(16)8-6-12/h3-9,11H,2,10H2,1H3. The van der Waals surface area contributed by atoms with E-state index in [0.717, 1.165) is 12.2 Å². The number of furan rings is 1. The van der Waals surface area contributed by atoms with Crippen LogP contribution in [0.4, 0.5) is 4.39 Å². The van der Waals surface area contributed by atoms with Crippen molar-refractivity contribution in [1.29, 1.82) is 0 Å². The summed E-state index contributed by atoms with van der Waals surface area (Å²) in [6.07, 6.45) is 2.92. The molecular weight excluding hydrogens is 231 g/mol. The first-order valence-electron chi connectivity index (χ1n) is 6.03. The van der Waals surface area contributed by atoms with Crippen LogP contribution in [0.2, 0.25) is 0 Å². The fraction of sp³-hybridized carbons (Fsp3) is 0.267. The topological polar surface area (TPSA) is 30.2 Å². The summed E-state index contributed by atoms with van der Waals surface area (Å²) in [6.45, 7) is 1.97. The zero-order valence-electron chi connectivity index (χ0n) is 10.2. The third kappa shape index (κ3) is 2.86. The van der Waals surface area contributed by atoms with E-state index in [0.29, 0.717) is 12.0 Å². The number of carbonyl (C=O) groups is 1. The van der Waals surface area contributed by atoms with Crippen molar-refractivity contribution < 1.29 is 13.6 Å². The van der Waals surface area contributed by atoms with Crippen LogP contribution in [0.15, 0.2) is 47.1 Å². The van der Waals surface area contributed by atoms with E-state index in [9.17, 15) is 9.18 Å². The highest BCUT2D eigenvalue weighted by Gasteiger charge is 2.19. The van der Waals surface area contributed by atoms with Crippen LogP contribution in [-0.4, -0.2) is 5.78 Å². The predicted molar refractivity (Wildman–Crippen MR) is 66.9 cm³/mol. The molecule has 94 valence electrons. The number of halogens is 1. The molecule has 2 rings (SSSR count). The number of carbonyl (C=O) groups excluding carboxylic acids is 1. The molecular formula is C15H15FO2. The summed E-state index contributed by atoms with van der Waals surface area (Å²) in [4.78, 5) is 12.2. The molecule has 0 radical (unpaired) electrons. The molecule has 0 aliphatic heterocycles. The van der Waals surface area contributed by atoms with E-state index < -0.39 is 0 Å². The smallest absolute Gasteiger partial charge is 0.166 e. The van der Waals surface area contributed by atoms with Crippen molar-refractivity contribution in [1.82, 2.24) is 0 Å². The molecule has 0 amide bonds. The maximum atomic E-state index is 12.8. The third-order valence-corrected chi connectivity index (χ3v) is 3.02. The molecule has 0 spiro atoms. The summed E-state index contributed by atoms with van der Waals surface area (Å²) in [5, 5.41) is 0. The number of ketones is 1. The van der Waals surface area contributed by atoms with E-state index in [1.165, 1.54) is 24.3 Å². The van der Waals surface area contributed by atoms with Crippen molar-refractivity contribution in [3.63, 3.8) is 0 Å². The Balaban J connectivity index is 2.12. The van der Waals surface area contributed by atoms with E-state index >= 15 is 0 Å². The zero-order chi connectivity index (χ0) is 13.0. The van der Waals surface area contributed by atoms with Gasteiger partial charge in [-0.25, -0.2) is 4.39 Å². The van der Waals surface area contributed by atoms with Crippen molar-refractivity contribution >= 4 is 5.78 Å². The molecule has 1 aromatic carbocycles. The van der Waals surface area contributed by atoms with Crippen LogP contribution in [0.3, 0.4) is 0 Å². The zero-order valence-corrected chi connectivity index (χ0v) is 10.2. The molecule has 0 bridgehead atoms. The molecule has 1 atom stereocenters. The molecule has 0 saturated carbocycles. The van der Waals surface area contributed by atoms with E-state index in [1.807, 2.05) is 19.1 Å². The lowest BCUT2D eigenvalue weighted by molar-refractivity contribution is 0.0912. The van der Waals surface area contributed by atoms with Crippen LogP contribution in [-0.2, 0) is 6.42 Å². The second-order valence-corrected chi connectivity index (χ2v) is 4.26. The second-order valence-electron chi connectivity index (χ2n) is 4.26. The van der Waals surface area contributed by atoms with Crippen molar-refractivity contribution in [3.05, 3.63) is 59.8 Å². The van der Waals surface area contributed by atoms with Crippen molar-refractivity contribution in [2.24, 2.45) is 5.92 Å². The minimum atomic E-state index is -0.328. The Bertz CT molecular complexity index is 500. The minimum absolute atomic E-state index is 0.0360. The number of Topliss-reactive ketones (excluding diaryl/α,β-unsaturated/α-hetero) is 1. The summed E-state index contributed by atoms with van der Waals surface area (Å²) in [5.74, 6) is 0.387. The number of hydrogen-bond acceptors (Lipinski definition) is 2. The summed E-state index contributed by atoms with van der Waals surface area (Å²) < 4.78 is 18.1. The van der Waals surface area contributed by atoms with Crippen LogP contribution in [0, 0.1) is 11.7 Å². The van der Waals surface area contributed by atoms with Crippen LogP contribution in [0.25, 0.3) is 0 Å². The first-order valence-corrected chi connectivity index (χ1v) is 6.03. The lowest BCUT2D eigenvalue weighted by Gasteiger charge is -2.12. The normalized spacial score (nSPS) is 12.3. The van der Waals surface area contributed by atoms with Crippen LogP contribution < -0.4 is 0 Å². The molecule has 1 unspecified atom stereocenters. The van der Waals surface area contributed by atoms with E-state index in [2.05, 4.69) is 0 Å². The second kappa shape index (κ2) is 5.63. The predicted octanol–water partition coefficient (Wildman–Crippen LogP) is 3.87. The Morgan fingerprint density at radius 3 is 2.56 bits per heavy atom. The Hall–Kier alpha value is -1.90. The Morgan fingerprint density at radius 1 is 1.28 bits per heavy atom. The molecule has 3 heteroatoms. The summed E-state index contributed by atoms with van der Waals surface area (Å²) in [5.41, 5.74) is 0.551. The molecule has 0 aliphatic rings. The van der Waals surface area contributed by atoms with E-state index in [-0.39, 0.29) is 17.5 Å². The van der Waals surface area contributed by atoms with Gasteiger partial charge in [0.1, 0.15) is 11.6 Å². The molecule has 1 heterocycles. The van der Waals surface area contributed by atoms with Crippen molar-refractivity contribution in [2.45, 2.75) is 19.8 Å². The third-order valence-electron chi connectivity index (χ3n) is 3.02. The van der Waals surface area contributed by atoms with Gasteiger partial charge >= 0.3 is 0 Å².